The second-order valence-electron chi connectivity index (χ2n) is 9.82. The Morgan fingerprint density at radius 3 is 2.76 bits per heavy atom. The molecule has 194 valence electrons. The molecule has 6 heterocycles. The first-order valence-electron chi connectivity index (χ1n) is 12.5. The number of pyridine rings is 3. The largest absolute Gasteiger partial charge is 0.367 e. The summed E-state index contributed by atoms with van der Waals surface area (Å²) in [4.78, 5) is 40.6. The van der Waals surface area contributed by atoms with E-state index in [-0.39, 0.29) is 12.5 Å². The molecule has 0 atom stereocenters. The molecule has 0 aliphatic carbocycles. The fourth-order valence-corrected chi connectivity index (χ4v) is 4.68. The summed E-state index contributed by atoms with van der Waals surface area (Å²) < 4.78 is 0. The maximum Gasteiger partial charge on any atom is 0.238 e. The van der Waals surface area contributed by atoms with Crippen molar-refractivity contribution in [3.63, 3.8) is 0 Å². The fourth-order valence-electron chi connectivity index (χ4n) is 4.68. The molecule has 12 heteroatoms. The van der Waals surface area contributed by atoms with Crippen LogP contribution >= 0.6 is 0 Å². The van der Waals surface area contributed by atoms with Crippen molar-refractivity contribution >= 4 is 39.5 Å². The monoisotopic (exact) mass is 511 g/mol. The van der Waals surface area contributed by atoms with E-state index in [0.717, 1.165) is 48.5 Å². The lowest BCUT2D eigenvalue weighted by Crippen LogP contribution is -2.44. The number of hydrogen-bond donors (Lipinski definition) is 3. The molecule has 6 rings (SSSR count). The Labute approximate surface area is 219 Å². The van der Waals surface area contributed by atoms with Gasteiger partial charge in [-0.2, -0.15) is 5.10 Å². The third-order valence-corrected chi connectivity index (χ3v) is 6.62. The van der Waals surface area contributed by atoms with Gasteiger partial charge in [0.2, 0.25) is 5.91 Å². The third kappa shape index (κ3) is 4.66. The maximum atomic E-state index is 12.2. The van der Waals surface area contributed by atoms with Crippen molar-refractivity contribution in [3.05, 3.63) is 42.9 Å². The van der Waals surface area contributed by atoms with Crippen molar-refractivity contribution in [2.45, 2.75) is 0 Å². The first-order chi connectivity index (χ1) is 18.4. The van der Waals surface area contributed by atoms with Gasteiger partial charge in [0.15, 0.2) is 17.2 Å². The molecule has 5 aromatic rings. The van der Waals surface area contributed by atoms with Gasteiger partial charge in [-0.05, 0) is 45.4 Å². The Morgan fingerprint density at radius 1 is 1.11 bits per heavy atom. The van der Waals surface area contributed by atoms with E-state index in [2.05, 4.69) is 47.3 Å². The molecule has 0 bridgehead atoms. The number of likely N-dealkylation sites (N-methyl/N-ethyl adjacent to an activating group) is 2. The summed E-state index contributed by atoms with van der Waals surface area (Å²) in [6.45, 7) is 4.20. The average Bonchev–Trinajstić information content (AvgIpc) is 3.52. The lowest BCUT2D eigenvalue weighted by atomic mass is 10.1. The first kappa shape index (κ1) is 23.9. The van der Waals surface area contributed by atoms with E-state index < -0.39 is 0 Å². The van der Waals surface area contributed by atoms with E-state index in [9.17, 15) is 4.79 Å². The summed E-state index contributed by atoms with van der Waals surface area (Å²) in [5.41, 5.74) is 6.84. The zero-order valence-electron chi connectivity index (χ0n) is 21.6. The van der Waals surface area contributed by atoms with Crippen LogP contribution in [0.15, 0.2) is 42.9 Å². The number of amides is 1. The number of aromatic amines is 2. The summed E-state index contributed by atoms with van der Waals surface area (Å²) in [5.74, 6) is 0.497. The Bertz CT molecular complexity index is 1610. The van der Waals surface area contributed by atoms with Gasteiger partial charge in [0, 0.05) is 44.1 Å². The van der Waals surface area contributed by atoms with E-state index in [1.165, 1.54) is 0 Å². The standard InChI is InChI=1S/C26H29N11O/c1-35(2)15-21(38)29-17-12-16(13-27-14-17)18-4-5-19-22(30-18)24(34-33-19)26-31-23-20(6-7-28-25(23)32-26)37-10-8-36(3)9-11-37/h4-7,12-14H,8-11,15H2,1-3H3,(H,29,38)(H,33,34)(H,28,31,32). The molecule has 3 N–H and O–H groups in total. The first-order valence-corrected chi connectivity index (χ1v) is 12.5. The van der Waals surface area contributed by atoms with Crippen LogP contribution in [0.5, 0.6) is 0 Å². The van der Waals surface area contributed by atoms with Crippen LogP contribution in [0.25, 0.3) is 45.0 Å². The lowest BCUT2D eigenvalue weighted by molar-refractivity contribution is -0.116. The highest BCUT2D eigenvalue weighted by Gasteiger charge is 2.21. The van der Waals surface area contributed by atoms with E-state index >= 15 is 0 Å². The Balaban J connectivity index is 1.34. The number of piperazine rings is 1. The summed E-state index contributed by atoms with van der Waals surface area (Å²) in [6.07, 6.45) is 5.15. The van der Waals surface area contributed by atoms with Crippen molar-refractivity contribution in [2.24, 2.45) is 0 Å². The molecule has 1 aliphatic heterocycles. The summed E-state index contributed by atoms with van der Waals surface area (Å²) in [5, 5.41) is 10.5. The van der Waals surface area contributed by atoms with Crippen molar-refractivity contribution in [1.29, 1.82) is 0 Å². The number of carbonyl (C=O) groups is 1. The smallest absolute Gasteiger partial charge is 0.238 e. The molecule has 0 aromatic carbocycles. The molecule has 38 heavy (non-hydrogen) atoms. The zero-order valence-corrected chi connectivity index (χ0v) is 21.6. The molecule has 0 spiro atoms. The number of nitrogens with one attached hydrogen (secondary N) is 3. The molecule has 1 aliphatic rings. The van der Waals surface area contributed by atoms with E-state index in [4.69, 9.17) is 9.97 Å². The van der Waals surface area contributed by atoms with Gasteiger partial charge in [0.25, 0.3) is 0 Å². The Morgan fingerprint density at radius 2 is 1.95 bits per heavy atom. The Hall–Kier alpha value is -4.42. The van der Waals surface area contributed by atoms with Crippen molar-refractivity contribution in [1.82, 2.24) is 44.9 Å². The number of hydrogen-bond acceptors (Lipinski definition) is 9. The summed E-state index contributed by atoms with van der Waals surface area (Å²) >= 11 is 0. The molecule has 1 saturated heterocycles. The zero-order chi connectivity index (χ0) is 26.2. The predicted molar refractivity (Wildman–Crippen MR) is 147 cm³/mol. The SMILES string of the molecule is CN(C)CC(=O)Nc1cncc(-c2ccc3[nH]nc(-c4nc5nccc(N6CCN(C)CC6)c5[nH]4)c3n2)c1. The van der Waals surface area contributed by atoms with Gasteiger partial charge >= 0.3 is 0 Å². The van der Waals surface area contributed by atoms with Gasteiger partial charge in [-0.15, -0.1) is 0 Å². The quantitative estimate of drug-likeness (QED) is 0.314. The summed E-state index contributed by atoms with van der Waals surface area (Å²) in [7, 11) is 5.84. The molecular formula is C26H29N11O. The maximum absolute atomic E-state index is 12.2. The second-order valence-corrected chi connectivity index (χ2v) is 9.82. The molecule has 1 fully saturated rings. The average molecular weight is 512 g/mol. The van der Waals surface area contributed by atoms with Crippen molar-refractivity contribution in [2.75, 3.05) is 64.1 Å². The lowest BCUT2D eigenvalue weighted by Gasteiger charge is -2.34. The van der Waals surface area contributed by atoms with Gasteiger partial charge in [-0.3, -0.25) is 14.9 Å². The van der Waals surface area contributed by atoms with Crippen molar-refractivity contribution < 1.29 is 4.79 Å². The highest BCUT2D eigenvalue weighted by atomic mass is 16.2. The number of H-pyrrole nitrogens is 2. The number of nitrogens with zero attached hydrogens (tertiary/aromatic N) is 8. The Kier molecular flexibility index (Phi) is 6.18. The molecule has 0 radical (unpaired) electrons. The number of aromatic nitrogens is 7. The van der Waals surface area contributed by atoms with Crippen LogP contribution < -0.4 is 10.2 Å². The highest BCUT2D eigenvalue weighted by Crippen LogP contribution is 2.31. The fraction of sp³-hybridized carbons (Fsp3) is 0.308. The number of anilines is 2. The number of imidazole rings is 1. The molecule has 5 aromatic heterocycles. The van der Waals surface area contributed by atoms with Crippen LogP contribution in [0.2, 0.25) is 0 Å². The number of carbonyl (C=O) groups excluding carboxylic acids is 1. The topological polar surface area (TPSA) is 135 Å². The van der Waals surface area contributed by atoms with Crippen LogP contribution in [0.4, 0.5) is 11.4 Å². The predicted octanol–water partition coefficient (Wildman–Crippen LogP) is 2.21. The normalized spacial score (nSPS) is 14.6. The van der Waals surface area contributed by atoms with Gasteiger partial charge in [0.1, 0.15) is 11.0 Å². The molecular weight excluding hydrogens is 482 g/mol. The van der Waals surface area contributed by atoms with Crippen LogP contribution in [0, 0.1) is 0 Å². The van der Waals surface area contributed by atoms with Gasteiger partial charge in [-0.1, -0.05) is 0 Å². The van der Waals surface area contributed by atoms with Gasteiger partial charge in [-0.25, -0.2) is 15.0 Å². The van der Waals surface area contributed by atoms with E-state index in [1.807, 2.05) is 43.3 Å². The highest BCUT2D eigenvalue weighted by molar-refractivity contribution is 5.94. The minimum atomic E-state index is -0.107. The van der Waals surface area contributed by atoms with Crippen LogP contribution in [-0.4, -0.2) is 105 Å². The number of rotatable bonds is 6. The van der Waals surface area contributed by atoms with E-state index in [0.29, 0.717) is 34.1 Å². The van der Waals surface area contributed by atoms with Crippen molar-refractivity contribution in [3.8, 4) is 22.8 Å². The van der Waals surface area contributed by atoms with Gasteiger partial charge < -0.3 is 25.0 Å². The molecule has 0 unspecified atom stereocenters. The molecule has 0 saturated carbocycles. The second kappa shape index (κ2) is 9.80. The van der Waals surface area contributed by atoms with Crippen LogP contribution in [0.3, 0.4) is 0 Å². The number of fused-ring (bicyclic) bond motifs is 2. The van der Waals surface area contributed by atoms with E-state index in [1.54, 1.807) is 18.6 Å². The third-order valence-electron chi connectivity index (χ3n) is 6.62. The minimum Gasteiger partial charge on any atom is -0.367 e. The minimum absolute atomic E-state index is 0.107. The molecule has 1 amide bonds. The summed E-state index contributed by atoms with van der Waals surface area (Å²) in [6, 6.07) is 7.73. The van der Waals surface area contributed by atoms with Crippen LogP contribution in [-0.2, 0) is 4.79 Å². The molecule has 12 nitrogen and oxygen atoms in total. The van der Waals surface area contributed by atoms with Gasteiger partial charge in [0.05, 0.1) is 35.3 Å². The van der Waals surface area contributed by atoms with Crippen LogP contribution in [0.1, 0.15) is 0 Å².